The average Bonchev–Trinajstić information content (AvgIpc) is 2.62. The second kappa shape index (κ2) is 8.58. The highest BCUT2D eigenvalue weighted by molar-refractivity contribution is 6.01. The summed E-state index contributed by atoms with van der Waals surface area (Å²) in [5.74, 6) is -0.144. The Bertz CT molecular complexity index is 782. The summed E-state index contributed by atoms with van der Waals surface area (Å²) in [5, 5.41) is 5.42. The molecule has 3 rings (SSSR count). The molecule has 0 bridgehead atoms. The lowest BCUT2D eigenvalue weighted by Crippen LogP contribution is -2.49. The molecule has 2 aromatic carbocycles. The lowest BCUT2D eigenvalue weighted by molar-refractivity contribution is -0.120. The fraction of sp³-hybridized carbons (Fsp3) is 0.263. The van der Waals surface area contributed by atoms with Crippen LogP contribution in [0.15, 0.2) is 48.5 Å². The molecule has 26 heavy (non-hydrogen) atoms. The number of anilines is 3. The minimum absolute atomic E-state index is 0. The first-order chi connectivity index (χ1) is 12.1. The molecule has 1 aliphatic rings. The monoisotopic (exact) mass is 374 g/mol. The molecule has 1 heterocycles. The summed E-state index contributed by atoms with van der Waals surface area (Å²) in [5.41, 5.74) is 9.26. The number of urea groups is 1. The number of nitrogens with zero attached hydrogens (tertiary/aromatic N) is 1. The molecule has 0 radical (unpaired) electrons. The lowest BCUT2D eigenvalue weighted by Gasteiger charge is -2.32. The molecule has 138 valence electrons. The van der Waals surface area contributed by atoms with E-state index in [2.05, 4.69) is 10.6 Å². The number of hydrogen-bond donors (Lipinski definition) is 3. The summed E-state index contributed by atoms with van der Waals surface area (Å²) in [4.78, 5) is 26.6. The van der Waals surface area contributed by atoms with Crippen LogP contribution in [0.3, 0.4) is 0 Å². The van der Waals surface area contributed by atoms with Gasteiger partial charge in [0.1, 0.15) is 6.04 Å². The highest BCUT2D eigenvalue weighted by atomic mass is 35.5. The molecule has 0 aliphatic carbocycles. The van der Waals surface area contributed by atoms with E-state index in [0.29, 0.717) is 17.9 Å². The number of nitrogens with one attached hydrogen (secondary N) is 2. The van der Waals surface area contributed by atoms with Gasteiger partial charge in [-0.1, -0.05) is 24.3 Å². The molecule has 4 N–H and O–H groups in total. The van der Waals surface area contributed by atoms with Crippen LogP contribution in [0, 0.1) is 0 Å². The van der Waals surface area contributed by atoms with Gasteiger partial charge < -0.3 is 21.3 Å². The number of fused-ring (bicyclic) bond motifs is 1. The number of para-hydroxylation sites is 1. The maximum atomic E-state index is 12.8. The van der Waals surface area contributed by atoms with E-state index >= 15 is 0 Å². The van der Waals surface area contributed by atoms with Crippen molar-refractivity contribution in [2.45, 2.75) is 25.8 Å². The molecule has 2 aromatic rings. The number of carbonyl (C=O) groups excluding carboxylic acids is 2. The first-order valence-electron chi connectivity index (χ1n) is 8.37. The molecule has 0 saturated heterocycles. The Balaban J connectivity index is 0.00000243. The Morgan fingerprint density at radius 3 is 2.58 bits per heavy atom. The number of benzene rings is 2. The van der Waals surface area contributed by atoms with Crippen molar-refractivity contribution < 1.29 is 9.59 Å². The number of nitrogens with two attached hydrogens (primary N) is 1. The van der Waals surface area contributed by atoms with Gasteiger partial charge in [0, 0.05) is 23.6 Å². The number of amides is 3. The molecular weight excluding hydrogens is 352 g/mol. The fourth-order valence-corrected chi connectivity index (χ4v) is 3.06. The maximum Gasteiger partial charge on any atom is 0.319 e. The first kappa shape index (κ1) is 19.6. The minimum atomic E-state index is -0.643. The van der Waals surface area contributed by atoms with E-state index in [-0.39, 0.29) is 18.3 Å². The van der Waals surface area contributed by atoms with E-state index in [1.165, 1.54) is 0 Å². The third-order valence-electron chi connectivity index (χ3n) is 4.30. The van der Waals surface area contributed by atoms with E-state index in [1.54, 1.807) is 24.0 Å². The largest absolute Gasteiger partial charge is 0.398 e. The van der Waals surface area contributed by atoms with Crippen molar-refractivity contribution in [3.63, 3.8) is 0 Å². The van der Waals surface area contributed by atoms with E-state index in [1.807, 2.05) is 36.4 Å². The van der Waals surface area contributed by atoms with Gasteiger partial charge in [-0.3, -0.25) is 4.79 Å². The van der Waals surface area contributed by atoms with Gasteiger partial charge in [-0.2, -0.15) is 0 Å². The first-order valence-corrected chi connectivity index (χ1v) is 8.37. The molecule has 7 heteroatoms. The third kappa shape index (κ3) is 4.26. The predicted molar refractivity (Wildman–Crippen MR) is 107 cm³/mol. The molecule has 0 aromatic heterocycles. The van der Waals surface area contributed by atoms with Crippen LogP contribution < -0.4 is 21.3 Å². The third-order valence-corrected chi connectivity index (χ3v) is 4.30. The zero-order valence-electron chi connectivity index (χ0n) is 14.6. The molecule has 1 unspecified atom stereocenters. The summed E-state index contributed by atoms with van der Waals surface area (Å²) in [6, 6.07) is 13.7. The quantitative estimate of drug-likeness (QED) is 0.721. The van der Waals surface area contributed by atoms with Crippen molar-refractivity contribution in [3.8, 4) is 0 Å². The van der Waals surface area contributed by atoms with Crippen molar-refractivity contribution in [1.29, 1.82) is 0 Å². The SMILES string of the molecule is CC(NC(=O)Nc1ccccc1)C(=O)N1CCCc2c(N)cccc21.Cl. The summed E-state index contributed by atoms with van der Waals surface area (Å²) in [6.45, 7) is 2.31. The number of nitrogen functional groups attached to an aromatic ring is 1. The molecule has 0 spiro atoms. The highest BCUT2D eigenvalue weighted by Gasteiger charge is 2.27. The van der Waals surface area contributed by atoms with Gasteiger partial charge in [-0.15, -0.1) is 12.4 Å². The summed E-state index contributed by atoms with van der Waals surface area (Å²) in [7, 11) is 0. The smallest absolute Gasteiger partial charge is 0.319 e. The predicted octanol–water partition coefficient (Wildman–Crippen LogP) is 3.18. The Morgan fingerprint density at radius 1 is 1.12 bits per heavy atom. The van der Waals surface area contributed by atoms with Gasteiger partial charge in [0.25, 0.3) is 0 Å². The van der Waals surface area contributed by atoms with Crippen LogP contribution in [-0.2, 0) is 11.2 Å². The van der Waals surface area contributed by atoms with Crippen LogP contribution >= 0.6 is 12.4 Å². The molecular formula is C19H23ClN4O2. The molecule has 0 saturated carbocycles. The molecule has 1 aliphatic heterocycles. The number of halogens is 1. The standard InChI is InChI=1S/C19H22N4O2.ClH/c1-13(21-19(25)22-14-7-3-2-4-8-14)18(24)23-12-6-9-15-16(20)10-5-11-17(15)23;/h2-5,7-8,10-11,13H,6,9,12,20H2,1H3,(H2,21,22,25);1H. The van der Waals surface area contributed by atoms with E-state index < -0.39 is 12.1 Å². The number of carbonyl (C=O) groups is 2. The van der Waals surface area contributed by atoms with Crippen molar-refractivity contribution in [2.24, 2.45) is 0 Å². The molecule has 6 nitrogen and oxygen atoms in total. The van der Waals surface area contributed by atoms with Crippen LogP contribution in [-0.4, -0.2) is 24.5 Å². The molecule has 3 amide bonds. The van der Waals surface area contributed by atoms with Crippen molar-refractivity contribution in [3.05, 3.63) is 54.1 Å². The van der Waals surface area contributed by atoms with Gasteiger partial charge in [0.2, 0.25) is 5.91 Å². The van der Waals surface area contributed by atoms with Crippen molar-refractivity contribution in [1.82, 2.24) is 5.32 Å². The highest BCUT2D eigenvalue weighted by Crippen LogP contribution is 2.31. The van der Waals surface area contributed by atoms with Gasteiger partial charge in [-0.25, -0.2) is 4.79 Å². The van der Waals surface area contributed by atoms with Crippen LogP contribution in [0.2, 0.25) is 0 Å². The van der Waals surface area contributed by atoms with E-state index in [0.717, 1.165) is 24.1 Å². The van der Waals surface area contributed by atoms with Crippen LogP contribution in [0.5, 0.6) is 0 Å². The lowest BCUT2D eigenvalue weighted by atomic mass is 9.99. The fourth-order valence-electron chi connectivity index (χ4n) is 3.06. The van der Waals surface area contributed by atoms with Crippen LogP contribution in [0.1, 0.15) is 18.9 Å². The number of rotatable bonds is 3. The van der Waals surface area contributed by atoms with Crippen LogP contribution in [0.4, 0.5) is 21.9 Å². The number of hydrogen-bond acceptors (Lipinski definition) is 3. The topological polar surface area (TPSA) is 87.5 Å². The molecule has 0 fully saturated rings. The summed E-state index contributed by atoms with van der Waals surface area (Å²) in [6.07, 6.45) is 1.72. The normalized spacial score (nSPS) is 13.8. The second-order valence-electron chi connectivity index (χ2n) is 6.12. The second-order valence-corrected chi connectivity index (χ2v) is 6.12. The van der Waals surface area contributed by atoms with Gasteiger partial charge in [-0.05, 0) is 49.6 Å². The summed E-state index contributed by atoms with van der Waals surface area (Å²) < 4.78 is 0. The Morgan fingerprint density at radius 2 is 1.85 bits per heavy atom. The van der Waals surface area contributed by atoms with Crippen molar-refractivity contribution in [2.75, 3.05) is 22.5 Å². The van der Waals surface area contributed by atoms with Gasteiger partial charge in [0.05, 0.1) is 0 Å². The van der Waals surface area contributed by atoms with E-state index in [4.69, 9.17) is 5.73 Å². The van der Waals surface area contributed by atoms with E-state index in [9.17, 15) is 9.59 Å². The van der Waals surface area contributed by atoms with Gasteiger partial charge in [0.15, 0.2) is 0 Å². The Kier molecular flexibility index (Phi) is 6.46. The zero-order chi connectivity index (χ0) is 17.8. The Labute approximate surface area is 159 Å². The Hall–Kier alpha value is -2.73. The zero-order valence-corrected chi connectivity index (χ0v) is 15.4. The average molecular weight is 375 g/mol. The minimum Gasteiger partial charge on any atom is -0.398 e. The van der Waals surface area contributed by atoms with Gasteiger partial charge >= 0.3 is 6.03 Å². The summed E-state index contributed by atoms with van der Waals surface area (Å²) >= 11 is 0. The van der Waals surface area contributed by atoms with Crippen LogP contribution in [0.25, 0.3) is 0 Å². The van der Waals surface area contributed by atoms with Crippen molar-refractivity contribution >= 4 is 41.4 Å². The molecule has 1 atom stereocenters. The maximum absolute atomic E-state index is 12.8.